The van der Waals surface area contributed by atoms with Crippen molar-refractivity contribution in [2.45, 2.75) is 71.0 Å². The highest BCUT2D eigenvalue weighted by Crippen LogP contribution is 2.34. The van der Waals surface area contributed by atoms with Crippen molar-refractivity contribution in [2.75, 3.05) is 13.3 Å². The van der Waals surface area contributed by atoms with E-state index in [4.69, 9.17) is 13.9 Å². The second-order valence-corrected chi connectivity index (χ2v) is 9.48. The number of amides is 2. The van der Waals surface area contributed by atoms with E-state index in [1.807, 2.05) is 42.2 Å². The molecule has 176 valence electrons. The molecule has 0 saturated heterocycles. The van der Waals surface area contributed by atoms with Gasteiger partial charge in [0.1, 0.15) is 18.1 Å². The second-order valence-electron chi connectivity index (χ2n) is 9.48. The summed E-state index contributed by atoms with van der Waals surface area (Å²) in [5.41, 5.74) is 0.951. The van der Waals surface area contributed by atoms with Crippen molar-refractivity contribution in [3.63, 3.8) is 0 Å². The molecule has 1 aromatic heterocycles. The van der Waals surface area contributed by atoms with Gasteiger partial charge in [0.2, 0.25) is 18.6 Å². The number of fused-ring (bicyclic) bond motifs is 1. The number of ether oxygens (including phenoxy) is 2. The Labute approximate surface area is 194 Å². The molecule has 1 aliphatic heterocycles. The lowest BCUT2D eigenvalue weighted by atomic mass is 9.88. The Kier molecular flexibility index (Phi) is 6.29. The molecule has 0 atom stereocenters. The van der Waals surface area contributed by atoms with E-state index in [-0.39, 0.29) is 37.1 Å². The molecule has 2 aromatic rings. The molecular formula is C26H32N2O5. The zero-order valence-electron chi connectivity index (χ0n) is 19.3. The molecule has 7 heteroatoms. The first-order valence-electron chi connectivity index (χ1n) is 12.1. The summed E-state index contributed by atoms with van der Waals surface area (Å²) in [7, 11) is 0. The number of rotatable bonds is 8. The van der Waals surface area contributed by atoms with Crippen LogP contribution in [0.4, 0.5) is 0 Å². The number of hydrogen-bond donors (Lipinski definition) is 0. The van der Waals surface area contributed by atoms with Crippen LogP contribution in [0.1, 0.15) is 62.0 Å². The fraction of sp³-hybridized carbons (Fsp3) is 0.538. The Hall–Kier alpha value is -2.96. The van der Waals surface area contributed by atoms with Gasteiger partial charge in [-0.2, -0.15) is 0 Å². The van der Waals surface area contributed by atoms with Crippen LogP contribution < -0.4 is 9.47 Å². The van der Waals surface area contributed by atoms with Gasteiger partial charge in [-0.15, -0.1) is 0 Å². The molecule has 2 amide bonds. The minimum absolute atomic E-state index is 0.0576. The minimum Gasteiger partial charge on any atom is -0.464 e. The normalized spacial score (nSPS) is 17.7. The molecule has 1 aromatic carbocycles. The number of nitrogens with zero attached hydrogens (tertiary/aromatic N) is 2. The van der Waals surface area contributed by atoms with Crippen molar-refractivity contribution in [1.82, 2.24) is 9.80 Å². The fourth-order valence-corrected chi connectivity index (χ4v) is 4.85. The average Bonchev–Trinajstić information content (AvgIpc) is 3.42. The van der Waals surface area contributed by atoms with Crippen LogP contribution in [0.2, 0.25) is 0 Å². The third kappa shape index (κ3) is 5.18. The summed E-state index contributed by atoms with van der Waals surface area (Å²) in [5.74, 6) is 3.14. The van der Waals surface area contributed by atoms with Gasteiger partial charge in [-0.3, -0.25) is 9.59 Å². The van der Waals surface area contributed by atoms with E-state index < -0.39 is 0 Å². The summed E-state index contributed by atoms with van der Waals surface area (Å²) in [6, 6.07) is 9.76. The molecule has 0 N–H and O–H groups in total. The summed E-state index contributed by atoms with van der Waals surface area (Å²) in [4.78, 5) is 30.5. The number of hydrogen-bond acceptors (Lipinski definition) is 5. The number of benzene rings is 1. The first kappa shape index (κ1) is 21.9. The standard InChI is InChI=1S/C26H32N2O5/c1-18-7-11-22(33-18)15-27(14-19-8-12-23-24(13-19)32-17-31-23)25(29)16-28(21-9-10-21)26(30)20-5-3-2-4-6-20/h7-8,11-13,20-21H,2-6,9-10,14-17H2,1H3. The highest BCUT2D eigenvalue weighted by molar-refractivity contribution is 5.86. The number of carbonyl (C=O) groups is 2. The van der Waals surface area contributed by atoms with E-state index in [0.717, 1.165) is 61.4 Å². The van der Waals surface area contributed by atoms with E-state index in [0.29, 0.717) is 18.8 Å². The van der Waals surface area contributed by atoms with Gasteiger partial charge in [-0.25, -0.2) is 0 Å². The van der Waals surface area contributed by atoms with Gasteiger partial charge in [0.05, 0.1) is 6.54 Å². The molecule has 2 aliphatic carbocycles. The molecule has 3 aliphatic rings. The largest absolute Gasteiger partial charge is 0.464 e. The lowest BCUT2D eigenvalue weighted by molar-refractivity contribution is -0.144. The monoisotopic (exact) mass is 452 g/mol. The lowest BCUT2D eigenvalue weighted by Gasteiger charge is -2.31. The first-order valence-corrected chi connectivity index (χ1v) is 12.1. The van der Waals surface area contributed by atoms with Gasteiger partial charge in [-0.05, 0) is 62.4 Å². The smallest absolute Gasteiger partial charge is 0.242 e. The maximum absolute atomic E-state index is 13.6. The highest BCUT2D eigenvalue weighted by atomic mass is 16.7. The third-order valence-electron chi connectivity index (χ3n) is 6.84. The molecule has 2 fully saturated rings. The molecule has 5 rings (SSSR count). The SMILES string of the molecule is Cc1ccc(CN(Cc2ccc3c(c2)OCO3)C(=O)CN(C(=O)C2CCCCC2)C2CC2)o1. The van der Waals surface area contributed by atoms with Crippen LogP contribution in [-0.4, -0.2) is 41.0 Å². The predicted octanol–water partition coefficient (Wildman–Crippen LogP) is 4.42. The average molecular weight is 453 g/mol. The molecular weight excluding hydrogens is 420 g/mol. The number of furan rings is 1. The topological polar surface area (TPSA) is 72.2 Å². The van der Waals surface area contributed by atoms with Gasteiger partial charge in [0.25, 0.3) is 0 Å². The van der Waals surface area contributed by atoms with Crippen LogP contribution in [0, 0.1) is 12.8 Å². The molecule has 33 heavy (non-hydrogen) atoms. The van der Waals surface area contributed by atoms with Crippen LogP contribution >= 0.6 is 0 Å². The Morgan fingerprint density at radius 2 is 1.73 bits per heavy atom. The minimum atomic E-state index is -0.0576. The Morgan fingerprint density at radius 3 is 2.45 bits per heavy atom. The number of carbonyl (C=O) groups excluding carboxylic acids is 2. The van der Waals surface area contributed by atoms with Gasteiger partial charge >= 0.3 is 0 Å². The van der Waals surface area contributed by atoms with Gasteiger partial charge in [0.15, 0.2) is 11.5 Å². The van der Waals surface area contributed by atoms with E-state index in [9.17, 15) is 9.59 Å². The van der Waals surface area contributed by atoms with E-state index in [1.54, 1.807) is 4.90 Å². The maximum Gasteiger partial charge on any atom is 0.242 e. The Bertz CT molecular complexity index is 1010. The van der Waals surface area contributed by atoms with Crippen LogP contribution in [0.25, 0.3) is 0 Å². The molecule has 0 spiro atoms. The fourth-order valence-electron chi connectivity index (χ4n) is 4.85. The van der Waals surface area contributed by atoms with Gasteiger partial charge in [0, 0.05) is 18.5 Å². The van der Waals surface area contributed by atoms with Crippen LogP contribution in [0.15, 0.2) is 34.7 Å². The van der Waals surface area contributed by atoms with Crippen molar-refractivity contribution in [3.8, 4) is 11.5 Å². The van der Waals surface area contributed by atoms with Crippen molar-refractivity contribution in [3.05, 3.63) is 47.4 Å². The molecule has 0 bridgehead atoms. The number of aryl methyl sites for hydroxylation is 1. The third-order valence-corrected chi connectivity index (χ3v) is 6.84. The Morgan fingerprint density at radius 1 is 0.939 bits per heavy atom. The van der Waals surface area contributed by atoms with E-state index >= 15 is 0 Å². The van der Waals surface area contributed by atoms with Crippen LogP contribution in [0.5, 0.6) is 11.5 Å². The van der Waals surface area contributed by atoms with Crippen molar-refractivity contribution in [1.29, 1.82) is 0 Å². The lowest BCUT2D eigenvalue weighted by Crippen LogP contribution is -2.46. The van der Waals surface area contributed by atoms with E-state index in [1.165, 1.54) is 6.42 Å². The molecule has 0 unspecified atom stereocenters. The van der Waals surface area contributed by atoms with Crippen molar-refractivity contribution < 1.29 is 23.5 Å². The molecule has 2 saturated carbocycles. The van der Waals surface area contributed by atoms with Gasteiger partial charge < -0.3 is 23.7 Å². The highest BCUT2D eigenvalue weighted by Gasteiger charge is 2.38. The summed E-state index contributed by atoms with van der Waals surface area (Å²) in [6.07, 6.45) is 7.30. The quantitative estimate of drug-likeness (QED) is 0.593. The molecule has 7 nitrogen and oxygen atoms in total. The second kappa shape index (κ2) is 9.49. The van der Waals surface area contributed by atoms with Crippen LogP contribution in [-0.2, 0) is 22.7 Å². The van der Waals surface area contributed by atoms with Crippen LogP contribution in [0.3, 0.4) is 0 Å². The Balaban J connectivity index is 1.33. The first-order chi connectivity index (χ1) is 16.1. The molecule has 2 heterocycles. The maximum atomic E-state index is 13.6. The predicted molar refractivity (Wildman–Crippen MR) is 122 cm³/mol. The van der Waals surface area contributed by atoms with Crippen molar-refractivity contribution >= 4 is 11.8 Å². The van der Waals surface area contributed by atoms with E-state index in [2.05, 4.69) is 0 Å². The summed E-state index contributed by atoms with van der Waals surface area (Å²) in [5, 5.41) is 0. The zero-order chi connectivity index (χ0) is 22.8. The molecule has 0 radical (unpaired) electrons. The summed E-state index contributed by atoms with van der Waals surface area (Å²) >= 11 is 0. The summed E-state index contributed by atoms with van der Waals surface area (Å²) in [6.45, 7) is 3.00. The zero-order valence-corrected chi connectivity index (χ0v) is 19.3. The van der Waals surface area contributed by atoms with Crippen molar-refractivity contribution in [2.24, 2.45) is 5.92 Å². The summed E-state index contributed by atoms with van der Waals surface area (Å²) < 4.78 is 16.7. The van der Waals surface area contributed by atoms with Gasteiger partial charge in [-0.1, -0.05) is 25.3 Å².